The molecule has 20 heavy (non-hydrogen) atoms. The topological polar surface area (TPSA) is 52.9 Å². The molecule has 0 saturated heterocycles. The Balaban J connectivity index is 2.21. The molecule has 3 nitrogen and oxygen atoms in total. The molecule has 0 spiro atoms. The highest BCUT2D eigenvalue weighted by molar-refractivity contribution is 9.10. The third-order valence-corrected chi connectivity index (χ3v) is 4.52. The number of nitriles is 1. The lowest BCUT2D eigenvalue weighted by molar-refractivity contribution is 0.0913. The van der Waals surface area contributed by atoms with Gasteiger partial charge >= 0.3 is 0 Å². The van der Waals surface area contributed by atoms with Crippen LogP contribution in [0, 0.1) is 11.3 Å². The van der Waals surface area contributed by atoms with Crippen LogP contribution in [0.3, 0.4) is 0 Å². The number of carbonyl (C=O) groups excluding carboxylic acids is 1. The normalized spacial score (nSPS) is 17.9. The molecule has 1 saturated carbocycles. The third-order valence-electron chi connectivity index (χ3n) is 3.70. The van der Waals surface area contributed by atoms with Crippen molar-refractivity contribution in [1.82, 2.24) is 5.32 Å². The van der Waals surface area contributed by atoms with Crippen LogP contribution in [0.2, 0.25) is 5.02 Å². The first-order valence-corrected chi connectivity index (χ1v) is 7.92. The molecule has 0 radical (unpaired) electrons. The Morgan fingerprint density at radius 3 is 2.55 bits per heavy atom. The summed E-state index contributed by atoms with van der Waals surface area (Å²) in [4.78, 5) is 12.4. The molecule has 1 aliphatic carbocycles. The lowest BCUT2D eigenvalue weighted by atomic mass is 9.91. The molecule has 5 heteroatoms. The Morgan fingerprint density at radius 1 is 1.30 bits per heavy atom. The zero-order chi connectivity index (χ0) is 14.6. The van der Waals surface area contributed by atoms with E-state index in [4.69, 9.17) is 11.6 Å². The van der Waals surface area contributed by atoms with E-state index in [1.54, 1.807) is 18.2 Å². The summed E-state index contributed by atoms with van der Waals surface area (Å²) in [6.07, 6.45) is 5.61. The van der Waals surface area contributed by atoms with Crippen LogP contribution in [0.15, 0.2) is 22.7 Å². The molecular formula is C15H16BrClN2O. The van der Waals surface area contributed by atoms with E-state index in [0.717, 1.165) is 30.2 Å². The SMILES string of the molecule is N#CC1(NC(=O)c2cc(Br)ccc2Cl)CCCCCC1. The summed E-state index contributed by atoms with van der Waals surface area (Å²) in [6.45, 7) is 0. The highest BCUT2D eigenvalue weighted by Crippen LogP contribution is 2.28. The lowest BCUT2D eigenvalue weighted by Gasteiger charge is -2.26. The van der Waals surface area contributed by atoms with Crippen molar-refractivity contribution in [3.8, 4) is 6.07 Å². The van der Waals surface area contributed by atoms with Crippen LogP contribution in [0.1, 0.15) is 48.9 Å². The first kappa shape index (κ1) is 15.3. The third kappa shape index (κ3) is 3.53. The molecule has 0 bridgehead atoms. The molecule has 1 fully saturated rings. The number of nitrogens with zero attached hydrogens (tertiary/aromatic N) is 1. The smallest absolute Gasteiger partial charge is 0.254 e. The van der Waals surface area contributed by atoms with Gasteiger partial charge in [-0.3, -0.25) is 4.79 Å². The van der Waals surface area contributed by atoms with E-state index in [1.807, 2.05) is 0 Å². The highest BCUT2D eigenvalue weighted by atomic mass is 79.9. The molecule has 1 aromatic carbocycles. The van der Waals surface area contributed by atoms with Gasteiger partial charge in [0.2, 0.25) is 0 Å². The van der Waals surface area contributed by atoms with E-state index in [9.17, 15) is 10.1 Å². The summed E-state index contributed by atoms with van der Waals surface area (Å²) in [5.41, 5.74) is -0.348. The van der Waals surface area contributed by atoms with Gasteiger partial charge in [0.15, 0.2) is 0 Å². The van der Waals surface area contributed by atoms with Gasteiger partial charge in [-0.15, -0.1) is 0 Å². The van der Waals surface area contributed by atoms with Gasteiger partial charge < -0.3 is 5.32 Å². The minimum atomic E-state index is -0.751. The van der Waals surface area contributed by atoms with Crippen LogP contribution in [0.25, 0.3) is 0 Å². The second kappa shape index (κ2) is 6.60. The predicted octanol–water partition coefficient (Wildman–Crippen LogP) is 4.45. The molecule has 106 valence electrons. The zero-order valence-corrected chi connectivity index (χ0v) is 13.4. The lowest BCUT2D eigenvalue weighted by Crippen LogP contribution is -2.47. The minimum absolute atomic E-state index is 0.278. The maximum absolute atomic E-state index is 12.4. The molecule has 0 aliphatic heterocycles. The summed E-state index contributed by atoms with van der Waals surface area (Å²) in [5.74, 6) is -0.278. The van der Waals surface area contributed by atoms with Crippen molar-refractivity contribution < 1.29 is 4.79 Å². The van der Waals surface area contributed by atoms with Crippen molar-refractivity contribution in [1.29, 1.82) is 5.26 Å². The second-order valence-corrected chi connectivity index (χ2v) is 6.51. The Labute approximate surface area is 132 Å². The molecule has 1 N–H and O–H groups in total. The Hall–Kier alpha value is -1.05. The quantitative estimate of drug-likeness (QED) is 0.797. The van der Waals surface area contributed by atoms with Crippen LogP contribution in [-0.4, -0.2) is 11.4 Å². The Kier molecular flexibility index (Phi) is 5.06. The van der Waals surface area contributed by atoms with Crippen molar-refractivity contribution in [3.05, 3.63) is 33.3 Å². The van der Waals surface area contributed by atoms with Crippen molar-refractivity contribution in [2.24, 2.45) is 0 Å². The fourth-order valence-electron chi connectivity index (χ4n) is 2.55. The molecule has 1 amide bonds. The largest absolute Gasteiger partial charge is 0.334 e. The monoisotopic (exact) mass is 354 g/mol. The first-order chi connectivity index (χ1) is 9.56. The molecule has 1 aliphatic rings. The van der Waals surface area contributed by atoms with Gasteiger partial charge in [-0.1, -0.05) is 53.2 Å². The number of rotatable bonds is 2. The van der Waals surface area contributed by atoms with E-state index < -0.39 is 5.54 Å². The first-order valence-electron chi connectivity index (χ1n) is 6.75. The van der Waals surface area contributed by atoms with Crippen molar-refractivity contribution >= 4 is 33.4 Å². The average molecular weight is 356 g/mol. The number of amides is 1. The van der Waals surface area contributed by atoms with Gasteiger partial charge in [-0.05, 0) is 31.0 Å². The number of hydrogen-bond acceptors (Lipinski definition) is 2. The van der Waals surface area contributed by atoms with Crippen molar-refractivity contribution in [2.75, 3.05) is 0 Å². The van der Waals surface area contributed by atoms with Crippen LogP contribution >= 0.6 is 27.5 Å². The molecule has 0 unspecified atom stereocenters. The summed E-state index contributed by atoms with van der Waals surface area (Å²) in [5, 5.41) is 12.8. The number of halogens is 2. The van der Waals surface area contributed by atoms with Crippen LogP contribution in [0.5, 0.6) is 0 Å². The Morgan fingerprint density at radius 2 is 1.95 bits per heavy atom. The second-order valence-electron chi connectivity index (χ2n) is 5.19. The summed E-state index contributed by atoms with van der Waals surface area (Å²) >= 11 is 9.39. The summed E-state index contributed by atoms with van der Waals surface area (Å²) in [6, 6.07) is 7.44. The van der Waals surface area contributed by atoms with Crippen LogP contribution < -0.4 is 5.32 Å². The Bertz CT molecular complexity index is 545. The number of hydrogen-bond donors (Lipinski definition) is 1. The molecule has 2 rings (SSSR count). The van der Waals surface area contributed by atoms with Gasteiger partial charge in [-0.2, -0.15) is 5.26 Å². The van der Waals surface area contributed by atoms with E-state index >= 15 is 0 Å². The van der Waals surface area contributed by atoms with Gasteiger partial charge in [-0.25, -0.2) is 0 Å². The van der Waals surface area contributed by atoms with Crippen molar-refractivity contribution in [3.63, 3.8) is 0 Å². The molecular weight excluding hydrogens is 340 g/mol. The van der Waals surface area contributed by atoms with Gasteiger partial charge in [0.1, 0.15) is 5.54 Å². The minimum Gasteiger partial charge on any atom is -0.334 e. The summed E-state index contributed by atoms with van der Waals surface area (Å²) in [7, 11) is 0. The number of carbonyl (C=O) groups is 1. The van der Waals surface area contributed by atoms with Gasteiger partial charge in [0.25, 0.3) is 5.91 Å². The average Bonchev–Trinajstić information content (AvgIpc) is 2.67. The molecule has 0 aromatic heterocycles. The predicted molar refractivity (Wildman–Crippen MR) is 82.7 cm³/mol. The molecule has 1 aromatic rings. The summed E-state index contributed by atoms with van der Waals surface area (Å²) < 4.78 is 0.791. The zero-order valence-electron chi connectivity index (χ0n) is 11.1. The van der Waals surface area contributed by atoms with Crippen molar-refractivity contribution in [2.45, 2.75) is 44.1 Å². The molecule has 0 heterocycles. The van der Waals surface area contributed by atoms with E-state index in [2.05, 4.69) is 27.3 Å². The van der Waals surface area contributed by atoms with Crippen LogP contribution in [-0.2, 0) is 0 Å². The van der Waals surface area contributed by atoms with E-state index in [0.29, 0.717) is 23.4 Å². The van der Waals surface area contributed by atoms with Crippen LogP contribution in [0.4, 0.5) is 0 Å². The standard InChI is InChI=1S/C15H16BrClN2O/c16-11-5-6-13(17)12(9-11)14(20)19-15(10-18)7-3-1-2-4-8-15/h5-6,9H,1-4,7-8H2,(H,19,20). The van der Waals surface area contributed by atoms with Gasteiger partial charge in [0.05, 0.1) is 16.7 Å². The molecule has 0 atom stereocenters. The maximum Gasteiger partial charge on any atom is 0.254 e. The van der Waals surface area contributed by atoms with E-state index in [1.165, 1.54) is 0 Å². The number of benzene rings is 1. The fourth-order valence-corrected chi connectivity index (χ4v) is 3.12. The maximum atomic E-state index is 12.4. The number of nitrogens with one attached hydrogen (secondary N) is 1. The van der Waals surface area contributed by atoms with Gasteiger partial charge in [0, 0.05) is 4.47 Å². The fraction of sp³-hybridized carbons (Fsp3) is 0.467. The van der Waals surface area contributed by atoms with E-state index in [-0.39, 0.29) is 5.91 Å². The highest BCUT2D eigenvalue weighted by Gasteiger charge is 2.33.